The van der Waals surface area contributed by atoms with Gasteiger partial charge in [0.1, 0.15) is 0 Å². The third kappa shape index (κ3) is 6.57. The Morgan fingerprint density at radius 3 is 2.60 bits per heavy atom. The summed E-state index contributed by atoms with van der Waals surface area (Å²) < 4.78 is 10.3. The van der Waals surface area contributed by atoms with Crippen LogP contribution in [-0.2, 0) is 15.9 Å². The van der Waals surface area contributed by atoms with Crippen LogP contribution in [-0.4, -0.2) is 32.5 Å². The lowest BCUT2D eigenvalue weighted by molar-refractivity contribution is 0.124. The Bertz CT molecular complexity index is 389. The maximum absolute atomic E-state index is 11.7. The number of carbonyl (C=O) groups is 1. The van der Waals surface area contributed by atoms with Gasteiger partial charge in [-0.3, -0.25) is 0 Å². The average molecular weight is 279 g/mol. The predicted octanol–water partition coefficient (Wildman–Crippen LogP) is 3.08. The van der Waals surface area contributed by atoms with Crippen molar-refractivity contribution < 1.29 is 14.3 Å². The van der Waals surface area contributed by atoms with Crippen molar-refractivity contribution in [3.63, 3.8) is 0 Å². The lowest BCUT2D eigenvalue weighted by Crippen LogP contribution is -2.40. The van der Waals surface area contributed by atoms with Crippen LogP contribution >= 0.6 is 0 Å². The number of hydrogen-bond donors (Lipinski definition) is 1. The standard InChI is InChI=1S/C16H25NO3/c1-4-5-10-20-16(18)17-15(12-19-3)11-14-8-6-13(2)7-9-14/h6-9,15H,4-5,10-12H2,1-3H3,(H,17,18)/t15-/m0/s1. The van der Waals surface area contributed by atoms with E-state index in [4.69, 9.17) is 9.47 Å². The van der Waals surface area contributed by atoms with Gasteiger partial charge in [0.15, 0.2) is 0 Å². The fourth-order valence-electron chi connectivity index (χ4n) is 1.88. The second kappa shape index (κ2) is 9.37. The predicted molar refractivity (Wildman–Crippen MR) is 79.9 cm³/mol. The van der Waals surface area contributed by atoms with Crippen LogP contribution in [0.15, 0.2) is 24.3 Å². The number of nitrogens with one attached hydrogen (secondary N) is 1. The maximum atomic E-state index is 11.7. The zero-order valence-corrected chi connectivity index (χ0v) is 12.6. The van der Waals surface area contributed by atoms with E-state index in [9.17, 15) is 4.79 Å². The molecule has 1 aromatic rings. The van der Waals surface area contributed by atoms with Gasteiger partial charge in [0, 0.05) is 7.11 Å². The highest BCUT2D eigenvalue weighted by Crippen LogP contribution is 2.07. The summed E-state index contributed by atoms with van der Waals surface area (Å²) in [6.45, 7) is 5.05. The van der Waals surface area contributed by atoms with Crippen LogP contribution < -0.4 is 5.32 Å². The van der Waals surface area contributed by atoms with Gasteiger partial charge in [0.05, 0.1) is 19.3 Å². The van der Waals surface area contributed by atoms with E-state index in [0.29, 0.717) is 13.2 Å². The van der Waals surface area contributed by atoms with E-state index in [-0.39, 0.29) is 12.1 Å². The second-order valence-corrected chi connectivity index (χ2v) is 4.98. The molecule has 20 heavy (non-hydrogen) atoms. The highest BCUT2D eigenvalue weighted by molar-refractivity contribution is 5.67. The number of carbonyl (C=O) groups excluding carboxylic acids is 1. The van der Waals surface area contributed by atoms with E-state index < -0.39 is 0 Å². The number of rotatable bonds is 8. The van der Waals surface area contributed by atoms with Crippen LogP contribution in [0.3, 0.4) is 0 Å². The number of alkyl carbamates (subject to hydrolysis) is 1. The van der Waals surface area contributed by atoms with Crippen molar-refractivity contribution in [1.82, 2.24) is 5.32 Å². The SMILES string of the molecule is CCCCOC(=O)N[C@H](COC)Cc1ccc(C)cc1. The third-order valence-electron chi connectivity index (χ3n) is 3.02. The van der Waals surface area contributed by atoms with E-state index in [2.05, 4.69) is 43.4 Å². The summed E-state index contributed by atoms with van der Waals surface area (Å²) in [4.78, 5) is 11.7. The Kier molecular flexibility index (Phi) is 7.73. The molecule has 1 rings (SSSR count). The molecule has 1 atom stereocenters. The number of aryl methyl sites for hydroxylation is 1. The van der Waals surface area contributed by atoms with Crippen molar-refractivity contribution in [2.45, 2.75) is 39.2 Å². The molecule has 0 bridgehead atoms. The molecular formula is C16H25NO3. The minimum atomic E-state index is -0.368. The summed E-state index contributed by atoms with van der Waals surface area (Å²) in [7, 11) is 1.63. The Morgan fingerprint density at radius 1 is 1.30 bits per heavy atom. The van der Waals surface area contributed by atoms with Gasteiger partial charge < -0.3 is 14.8 Å². The first-order valence-electron chi connectivity index (χ1n) is 7.13. The second-order valence-electron chi connectivity index (χ2n) is 4.98. The zero-order chi connectivity index (χ0) is 14.8. The van der Waals surface area contributed by atoms with Gasteiger partial charge in [-0.05, 0) is 25.3 Å². The third-order valence-corrected chi connectivity index (χ3v) is 3.02. The van der Waals surface area contributed by atoms with Crippen LogP contribution in [0.2, 0.25) is 0 Å². The minimum Gasteiger partial charge on any atom is -0.450 e. The van der Waals surface area contributed by atoms with Crippen molar-refractivity contribution >= 4 is 6.09 Å². The molecule has 0 fully saturated rings. The lowest BCUT2D eigenvalue weighted by Gasteiger charge is -2.18. The Balaban J connectivity index is 2.46. The van der Waals surface area contributed by atoms with Crippen LogP contribution in [0.4, 0.5) is 4.79 Å². The van der Waals surface area contributed by atoms with E-state index in [1.807, 2.05) is 0 Å². The lowest BCUT2D eigenvalue weighted by atomic mass is 10.1. The number of hydrogen-bond acceptors (Lipinski definition) is 3. The van der Waals surface area contributed by atoms with Gasteiger partial charge in [0.2, 0.25) is 0 Å². The molecule has 4 nitrogen and oxygen atoms in total. The molecular weight excluding hydrogens is 254 g/mol. The fraction of sp³-hybridized carbons (Fsp3) is 0.562. The normalized spacial score (nSPS) is 11.9. The summed E-state index contributed by atoms with van der Waals surface area (Å²) >= 11 is 0. The minimum absolute atomic E-state index is 0.0724. The number of amides is 1. The summed E-state index contributed by atoms with van der Waals surface area (Å²) in [5.74, 6) is 0. The Morgan fingerprint density at radius 2 is 2.00 bits per heavy atom. The molecule has 112 valence electrons. The topological polar surface area (TPSA) is 47.6 Å². The van der Waals surface area contributed by atoms with Gasteiger partial charge in [-0.25, -0.2) is 4.79 Å². The monoisotopic (exact) mass is 279 g/mol. The molecule has 0 aromatic heterocycles. The highest BCUT2D eigenvalue weighted by Gasteiger charge is 2.13. The number of ether oxygens (including phenoxy) is 2. The van der Waals surface area contributed by atoms with Gasteiger partial charge in [-0.2, -0.15) is 0 Å². The summed E-state index contributed by atoms with van der Waals surface area (Å²) in [6.07, 6.45) is 2.27. The summed E-state index contributed by atoms with van der Waals surface area (Å²) in [6, 6.07) is 8.21. The van der Waals surface area contributed by atoms with Gasteiger partial charge in [0.25, 0.3) is 0 Å². The van der Waals surface area contributed by atoms with E-state index in [0.717, 1.165) is 19.3 Å². The maximum Gasteiger partial charge on any atom is 0.407 e. The Labute approximate surface area is 121 Å². The molecule has 0 unspecified atom stereocenters. The van der Waals surface area contributed by atoms with Crippen LogP contribution in [0, 0.1) is 6.92 Å². The smallest absolute Gasteiger partial charge is 0.407 e. The average Bonchev–Trinajstić information content (AvgIpc) is 2.42. The molecule has 1 N–H and O–H groups in total. The van der Waals surface area contributed by atoms with E-state index in [1.54, 1.807) is 7.11 Å². The molecule has 1 aromatic carbocycles. The quantitative estimate of drug-likeness (QED) is 0.744. The number of unbranched alkanes of at least 4 members (excludes halogenated alkanes) is 1. The molecule has 0 heterocycles. The summed E-state index contributed by atoms with van der Waals surface area (Å²) in [5.41, 5.74) is 2.40. The molecule has 0 saturated carbocycles. The molecule has 4 heteroatoms. The molecule has 0 spiro atoms. The zero-order valence-electron chi connectivity index (χ0n) is 12.6. The largest absolute Gasteiger partial charge is 0.450 e. The number of methoxy groups -OCH3 is 1. The number of benzene rings is 1. The summed E-state index contributed by atoms with van der Waals surface area (Å²) in [5, 5.41) is 2.85. The van der Waals surface area contributed by atoms with E-state index >= 15 is 0 Å². The fourth-order valence-corrected chi connectivity index (χ4v) is 1.88. The molecule has 0 aliphatic rings. The molecule has 0 aliphatic carbocycles. The molecule has 0 aliphatic heterocycles. The van der Waals surface area contributed by atoms with Crippen molar-refractivity contribution in [3.8, 4) is 0 Å². The van der Waals surface area contributed by atoms with Crippen molar-refractivity contribution in [1.29, 1.82) is 0 Å². The van der Waals surface area contributed by atoms with Crippen LogP contribution in [0.5, 0.6) is 0 Å². The van der Waals surface area contributed by atoms with Crippen LogP contribution in [0.1, 0.15) is 30.9 Å². The van der Waals surface area contributed by atoms with Crippen molar-refractivity contribution in [3.05, 3.63) is 35.4 Å². The van der Waals surface area contributed by atoms with Gasteiger partial charge in [-0.15, -0.1) is 0 Å². The first-order chi connectivity index (χ1) is 9.65. The first kappa shape index (κ1) is 16.5. The highest BCUT2D eigenvalue weighted by atomic mass is 16.5. The first-order valence-corrected chi connectivity index (χ1v) is 7.13. The van der Waals surface area contributed by atoms with Gasteiger partial charge >= 0.3 is 6.09 Å². The molecule has 0 radical (unpaired) electrons. The molecule has 0 saturated heterocycles. The van der Waals surface area contributed by atoms with Gasteiger partial charge in [-0.1, -0.05) is 43.2 Å². The van der Waals surface area contributed by atoms with Crippen molar-refractivity contribution in [2.24, 2.45) is 0 Å². The van der Waals surface area contributed by atoms with Crippen molar-refractivity contribution in [2.75, 3.05) is 20.3 Å². The van der Waals surface area contributed by atoms with Crippen LogP contribution in [0.25, 0.3) is 0 Å². The molecule has 1 amide bonds. The Hall–Kier alpha value is -1.55. The van der Waals surface area contributed by atoms with E-state index in [1.165, 1.54) is 11.1 Å².